The number of allylic oxidation sites excluding steroid dienone is 1. The van der Waals surface area contributed by atoms with Crippen LogP contribution >= 0.6 is 0 Å². The number of nitrogens with zero attached hydrogens (tertiary/aromatic N) is 2. The molecule has 0 atom stereocenters. The van der Waals surface area contributed by atoms with E-state index >= 15 is 0 Å². The maximum Gasteiger partial charge on any atom is 0.270 e. The predicted molar refractivity (Wildman–Crippen MR) is 95.4 cm³/mol. The van der Waals surface area contributed by atoms with Crippen LogP contribution in [0.5, 0.6) is 11.5 Å². The molecule has 2 aromatic rings. The predicted octanol–water partition coefficient (Wildman–Crippen LogP) is 4.46. The smallest absolute Gasteiger partial charge is 0.270 e. The largest absolute Gasteiger partial charge is 0.494 e. The van der Waals surface area contributed by atoms with Crippen LogP contribution in [0.4, 0.5) is 5.69 Å². The molecule has 0 radical (unpaired) electrons. The maximum atomic E-state index is 10.9. The van der Waals surface area contributed by atoms with Crippen molar-refractivity contribution < 1.29 is 14.4 Å². The first-order chi connectivity index (χ1) is 12.1. The molecule has 0 amide bonds. The van der Waals surface area contributed by atoms with Crippen molar-refractivity contribution in [2.24, 2.45) is 0 Å². The Morgan fingerprint density at radius 1 is 1.20 bits per heavy atom. The summed E-state index contributed by atoms with van der Waals surface area (Å²) >= 11 is 0. The van der Waals surface area contributed by atoms with Crippen molar-refractivity contribution in [3.05, 3.63) is 63.7 Å². The fraction of sp³-hybridized carbons (Fsp3) is 0.211. The molecule has 0 aliphatic carbocycles. The molecule has 25 heavy (non-hydrogen) atoms. The highest BCUT2D eigenvalue weighted by Crippen LogP contribution is 2.29. The molecule has 0 saturated heterocycles. The van der Waals surface area contributed by atoms with E-state index in [1.807, 2.05) is 13.8 Å². The van der Waals surface area contributed by atoms with Gasteiger partial charge in [0.05, 0.1) is 29.8 Å². The summed E-state index contributed by atoms with van der Waals surface area (Å²) in [4.78, 5) is 10.4. The third kappa shape index (κ3) is 4.58. The van der Waals surface area contributed by atoms with Crippen LogP contribution in [-0.2, 0) is 0 Å². The molecule has 0 unspecified atom stereocenters. The van der Waals surface area contributed by atoms with Gasteiger partial charge in [-0.25, -0.2) is 0 Å². The SMILES string of the molecule is CCOc1ccc(/C=C(/C#N)c2cccc([N+](=O)[O-])c2)c(OCC)c1. The molecule has 0 aromatic heterocycles. The van der Waals surface area contributed by atoms with E-state index < -0.39 is 4.92 Å². The number of hydrogen-bond acceptors (Lipinski definition) is 5. The van der Waals surface area contributed by atoms with Crippen LogP contribution in [0.1, 0.15) is 25.0 Å². The van der Waals surface area contributed by atoms with Gasteiger partial charge < -0.3 is 9.47 Å². The summed E-state index contributed by atoms with van der Waals surface area (Å²) in [5, 5.41) is 20.4. The molecule has 0 N–H and O–H groups in total. The molecule has 0 spiro atoms. The topological polar surface area (TPSA) is 85.4 Å². The zero-order valence-electron chi connectivity index (χ0n) is 14.1. The Balaban J connectivity index is 2.47. The quantitative estimate of drug-likeness (QED) is 0.322. The van der Waals surface area contributed by atoms with E-state index in [1.165, 1.54) is 12.1 Å². The lowest BCUT2D eigenvalue weighted by atomic mass is 10.0. The van der Waals surface area contributed by atoms with Gasteiger partial charge in [0.25, 0.3) is 5.69 Å². The molecule has 0 bridgehead atoms. The highest BCUT2D eigenvalue weighted by molar-refractivity contribution is 5.91. The van der Waals surface area contributed by atoms with E-state index in [-0.39, 0.29) is 5.69 Å². The molecule has 2 aromatic carbocycles. The van der Waals surface area contributed by atoms with Gasteiger partial charge in [-0.15, -0.1) is 0 Å². The van der Waals surface area contributed by atoms with Gasteiger partial charge in [-0.3, -0.25) is 10.1 Å². The molecule has 6 nitrogen and oxygen atoms in total. The van der Waals surface area contributed by atoms with Crippen LogP contribution in [0.2, 0.25) is 0 Å². The molecular weight excluding hydrogens is 320 g/mol. The summed E-state index contributed by atoms with van der Waals surface area (Å²) in [5.74, 6) is 1.27. The van der Waals surface area contributed by atoms with E-state index in [0.29, 0.717) is 41.4 Å². The Bertz CT molecular complexity index is 838. The number of hydrogen-bond donors (Lipinski definition) is 0. The van der Waals surface area contributed by atoms with Crippen molar-refractivity contribution in [2.75, 3.05) is 13.2 Å². The fourth-order valence-electron chi connectivity index (χ4n) is 2.29. The van der Waals surface area contributed by atoms with Crippen molar-refractivity contribution in [3.63, 3.8) is 0 Å². The van der Waals surface area contributed by atoms with E-state index in [0.717, 1.165) is 0 Å². The van der Waals surface area contributed by atoms with Gasteiger partial charge in [-0.05, 0) is 37.6 Å². The van der Waals surface area contributed by atoms with Gasteiger partial charge in [-0.2, -0.15) is 5.26 Å². The lowest BCUT2D eigenvalue weighted by molar-refractivity contribution is -0.384. The van der Waals surface area contributed by atoms with Crippen LogP contribution in [-0.4, -0.2) is 18.1 Å². The third-order valence-corrected chi connectivity index (χ3v) is 3.38. The number of rotatable bonds is 7. The summed E-state index contributed by atoms with van der Waals surface area (Å²) in [6.45, 7) is 4.77. The van der Waals surface area contributed by atoms with Crippen molar-refractivity contribution in [1.82, 2.24) is 0 Å². The minimum absolute atomic E-state index is 0.0598. The van der Waals surface area contributed by atoms with E-state index in [2.05, 4.69) is 6.07 Å². The Morgan fingerprint density at radius 3 is 2.60 bits per heavy atom. The molecule has 0 aliphatic rings. The lowest BCUT2D eigenvalue weighted by Crippen LogP contribution is -1.97. The molecular formula is C19H18N2O4. The van der Waals surface area contributed by atoms with Crippen LogP contribution in [0, 0.1) is 21.4 Å². The number of nitro groups is 1. The Hall–Kier alpha value is -3.33. The average Bonchev–Trinajstić information content (AvgIpc) is 2.61. The number of nitro benzene ring substituents is 1. The molecule has 6 heteroatoms. The second-order valence-electron chi connectivity index (χ2n) is 5.04. The van der Waals surface area contributed by atoms with Crippen molar-refractivity contribution >= 4 is 17.3 Å². The lowest BCUT2D eigenvalue weighted by Gasteiger charge is -2.11. The average molecular weight is 338 g/mol. The summed E-state index contributed by atoms with van der Waals surface area (Å²) in [6, 6.07) is 13.4. The third-order valence-electron chi connectivity index (χ3n) is 3.38. The fourth-order valence-corrected chi connectivity index (χ4v) is 2.29. The van der Waals surface area contributed by atoms with Gasteiger partial charge in [0, 0.05) is 23.8 Å². The van der Waals surface area contributed by atoms with Crippen molar-refractivity contribution in [1.29, 1.82) is 5.26 Å². The Labute approximate surface area is 146 Å². The van der Waals surface area contributed by atoms with Crippen LogP contribution in [0.25, 0.3) is 11.6 Å². The second-order valence-corrected chi connectivity index (χ2v) is 5.04. The normalized spacial score (nSPS) is 10.8. The van der Waals surface area contributed by atoms with Gasteiger partial charge in [0.15, 0.2) is 0 Å². The molecule has 0 heterocycles. The van der Waals surface area contributed by atoms with Gasteiger partial charge in [-0.1, -0.05) is 12.1 Å². The summed E-state index contributed by atoms with van der Waals surface area (Å²) in [5.41, 5.74) is 1.44. The standard InChI is InChI=1S/C19H18N2O4/c1-3-24-18-9-8-15(19(12-18)25-4-2)10-16(13-20)14-6-5-7-17(11-14)21(22)23/h5-12H,3-4H2,1-2H3/b16-10-. The van der Waals surface area contributed by atoms with Crippen molar-refractivity contribution in [2.45, 2.75) is 13.8 Å². The first-order valence-electron chi connectivity index (χ1n) is 7.85. The van der Waals surface area contributed by atoms with E-state index in [1.54, 1.807) is 36.4 Å². The number of benzene rings is 2. The van der Waals surface area contributed by atoms with Gasteiger partial charge in [0.1, 0.15) is 11.5 Å². The maximum absolute atomic E-state index is 10.9. The number of non-ortho nitro benzene ring substituents is 1. The van der Waals surface area contributed by atoms with E-state index in [9.17, 15) is 15.4 Å². The minimum Gasteiger partial charge on any atom is -0.494 e. The highest BCUT2D eigenvalue weighted by Gasteiger charge is 2.11. The number of nitriles is 1. The molecule has 0 fully saturated rings. The molecule has 0 saturated carbocycles. The van der Waals surface area contributed by atoms with Crippen LogP contribution in [0.15, 0.2) is 42.5 Å². The molecule has 0 aliphatic heterocycles. The summed E-state index contributed by atoms with van der Waals surface area (Å²) in [6.07, 6.45) is 1.65. The van der Waals surface area contributed by atoms with Gasteiger partial charge >= 0.3 is 0 Å². The summed E-state index contributed by atoms with van der Waals surface area (Å²) in [7, 11) is 0. The zero-order valence-corrected chi connectivity index (χ0v) is 14.1. The Morgan fingerprint density at radius 2 is 1.96 bits per heavy atom. The zero-order chi connectivity index (χ0) is 18.2. The Kier molecular flexibility index (Phi) is 6.13. The van der Waals surface area contributed by atoms with Crippen LogP contribution < -0.4 is 9.47 Å². The van der Waals surface area contributed by atoms with Gasteiger partial charge in [0.2, 0.25) is 0 Å². The molecule has 2 rings (SSSR count). The van der Waals surface area contributed by atoms with E-state index in [4.69, 9.17) is 9.47 Å². The number of ether oxygens (including phenoxy) is 2. The van der Waals surface area contributed by atoms with Crippen LogP contribution in [0.3, 0.4) is 0 Å². The first kappa shape index (κ1) is 18.0. The molecule has 128 valence electrons. The second kappa shape index (κ2) is 8.50. The first-order valence-corrected chi connectivity index (χ1v) is 7.85. The summed E-state index contributed by atoms with van der Waals surface area (Å²) < 4.78 is 11.1. The highest BCUT2D eigenvalue weighted by atomic mass is 16.6. The minimum atomic E-state index is -0.485. The van der Waals surface area contributed by atoms with Crippen molar-refractivity contribution in [3.8, 4) is 17.6 Å². The monoisotopic (exact) mass is 338 g/mol.